The van der Waals surface area contributed by atoms with Crippen LogP contribution in [0.4, 0.5) is 35.1 Å². The lowest BCUT2D eigenvalue weighted by Gasteiger charge is -2.31. The molecule has 0 bridgehead atoms. The highest BCUT2D eigenvalue weighted by Gasteiger charge is 2.77. The van der Waals surface area contributed by atoms with Crippen molar-refractivity contribution >= 4 is 5.78 Å². The van der Waals surface area contributed by atoms with Gasteiger partial charge in [-0.15, -0.1) is 0 Å². The highest BCUT2D eigenvalue weighted by atomic mass is 19.4. The van der Waals surface area contributed by atoms with Gasteiger partial charge in [0, 0.05) is 11.5 Å². The van der Waals surface area contributed by atoms with E-state index in [1.807, 2.05) is 0 Å². The number of rotatable bonds is 5. The first kappa shape index (κ1) is 19.7. The van der Waals surface area contributed by atoms with Crippen LogP contribution in [-0.2, 0) is 4.79 Å². The minimum atomic E-state index is -6.63. The Kier molecular flexibility index (Phi) is 5.10. The molecule has 124 valence electrons. The van der Waals surface area contributed by atoms with Crippen molar-refractivity contribution in [3.05, 3.63) is 11.8 Å². The summed E-state index contributed by atoms with van der Waals surface area (Å²) in [7, 11) is 0. The van der Waals surface area contributed by atoms with Crippen LogP contribution in [0.5, 0.6) is 0 Å². The molecule has 0 aromatic rings. The molecule has 0 saturated heterocycles. The summed E-state index contributed by atoms with van der Waals surface area (Å²) in [5.41, 5.74) is -1.31. The standard InChI is InChI=1S/C11H12F8O2/c1-8(2,3)5(20)4-6(21)9(14,15)11(18,19)10(16,17)7(12)13/h4,7,20H,1-3H3/b5-4-. The predicted molar refractivity (Wildman–Crippen MR) is 56.0 cm³/mol. The van der Waals surface area contributed by atoms with Gasteiger partial charge in [-0.2, -0.15) is 26.3 Å². The third kappa shape index (κ3) is 3.46. The minimum absolute atomic E-state index is 0.380. The van der Waals surface area contributed by atoms with Crippen molar-refractivity contribution in [1.29, 1.82) is 0 Å². The van der Waals surface area contributed by atoms with Crippen LogP contribution in [0.1, 0.15) is 20.8 Å². The second kappa shape index (κ2) is 5.45. The fourth-order valence-electron chi connectivity index (χ4n) is 0.932. The van der Waals surface area contributed by atoms with E-state index in [2.05, 4.69) is 0 Å². The lowest BCUT2D eigenvalue weighted by Crippen LogP contribution is -2.60. The Morgan fingerprint density at radius 3 is 1.67 bits per heavy atom. The van der Waals surface area contributed by atoms with Gasteiger partial charge in [0.2, 0.25) is 5.78 Å². The zero-order valence-electron chi connectivity index (χ0n) is 11.0. The summed E-state index contributed by atoms with van der Waals surface area (Å²) in [5.74, 6) is -23.2. The van der Waals surface area contributed by atoms with E-state index in [-0.39, 0.29) is 6.08 Å². The molecule has 0 rings (SSSR count). The number of allylic oxidation sites excluding steroid dienone is 2. The second-order valence-electron chi connectivity index (χ2n) is 5.22. The molecule has 0 aliphatic rings. The van der Waals surface area contributed by atoms with Gasteiger partial charge in [-0.3, -0.25) is 4.79 Å². The number of aliphatic hydroxyl groups is 1. The largest absolute Gasteiger partial charge is 0.512 e. The predicted octanol–water partition coefficient (Wildman–Crippen LogP) is 4.21. The molecule has 10 heteroatoms. The van der Waals surface area contributed by atoms with Crippen LogP contribution in [0.2, 0.25) is 0 Å². The quantitative estimate of drug-likeness (QED) is 0.466. The van der Waals surface area contributed by atoms with E-state index in [0.717, 1.165) is 0 Å². The minimum Gasteiger partial charge on any atom is -0.512 e. The van der Waals surface area contributed by atoms with E-state index in [9.17, 15) is 45.0 Å². The highest BCUT2D eigenvalue weighted by Crippen LogP contribution is 2.49. The molecule has 0 aromatic carbocycles. The number of hydrogen-bond donors (Lipinski definition) is 1. The zero-order valence-corrected chi connectivity index (χ0v) is 11.0. The van der Waals surface area contributed by atoms with Gasteiger partial charge >= 0.3 is 24.2 Å². The topological polar surface area (TPSA) is 37.3 Å². The smallest absolute Gasteiger partial charge is 0.385 e. The van der Waals surface area contributed by atoms with Gasteiger partial charge in [0.05, 0.1) is 0 Å². The van der Waals surface area contributed by atoms with Crippen molar-refractivity contribution in [2.75, 3.05) is 0 Å². The van der Waals surface area contributed by atoms with Gasteiger partial charge in [0.15, 0.2) is 0 Å². The van der Waals surface area contributed by atoms with Gasteiger partial charge < -0.3 is 5.11 Å². The van der Waals surface area contributed by atoms with Crippen molar-refractivity contribution in [1.82, 2.24) is 0 Å². The molecule has 0 amide bonds. The molecule has 0 saturated carbocycles. The van der Waals surface area contributed by atoms with E-state index in [4.69, 9.17) is 0 Å². The first-order valence-electron chi connectivity index (χ1n) is 5.36. The summed E-state index contributed by atoms with van der Waals surface area (Å²) >= 11 is 0. The fourth-order valence-corrected chi connectivity index (χ4v) is 0.932. The van der Waals surface area contributed by atoms with Crippen molar-refractivity contribution in [2.24, 2.45) is 5.41 Å². The summed E-state index contributed by atoms with van der Waals surface area (Å²) in [6, 6.07) is 0. The van der Waals surface area contributed by atoms with Crippen molar-refractivity contribution < 1.29 is 45.0 Å². The third-order valence-corrected chi connectivity index (χ3v) is 2.43. The van der Waals surface area contributed by atoms with Crippen LogP contribution in [0.3, 0.4) is 0 Å². The number of ketones is 1. The summed E-state index contributed by atoms with van der Waals surface area (Å²) in [4.78, 5) is 11.0. The van der Waals surface area contributed by atoms with Crippen LogP contribution in [0.15, 0.2) is 11.8 Å². The average molecular weight is 328 g/mol. The number of aliphatic hydroxyl groups excluding tert-OH is 1. The van der Waals surface area contributed by atoms with Gasteiger partial charge in [-0.05, 0) is 0 Å². The van der Waals surface area contributed by atoms with Crippen LogP contribution in [-0.4, -0.2) is 35.1 Å². The number of alkyl halides is 8. The molecule has 0 radical (unpaired) electrons. The molecule has 0 unspecified atom stereocenters. The van der Waals surface area contributed by atoms with Gasteiger partial charge in [0.25, 0.3) is 0 Å². The molecule has 1 N–H and O–H groups in total. The maximum Gasteiger partial charge on any atom is 0.385 e. The summed E-state index contributed by atoms with van der Waals surface area (Å²) < 4.78 is 101. The lowest BCUT2D eigenvalue weighted by molar-refractivity contribution is -0.326. The fraction of sp³-hybridized carbons (Fsp3) is 0.727. The first-order chi connectivity index (χ1) is 8.99. The van der Waals surface area contributed by atoms with Crippen LogP contribution >= 0.6 is 0 Å². The van der Waals surface area contributed by atoms with E-state index in [1.54, 1.807) is 0 Å². The Morgan fingerprint density at radius 1 is 1.00 bits per heavy atom. The number of hydrogen-bond acceptors (Lipinski definition) is 2. The van der Waals surface area contributed by atoms with E-state index < -0.39 is 41.2 Å². The molecule has 0 fully saturated rings. The van der Waals surface area contributed by atoms with Crippen molar-refractivity contribution in [3.63, 3.8) is 0 Å². The Hall–Kier alpha value is -1.35. The van der Waals surface area contributed by atoms with E-state index in [1.165, 1.54) is 20.8 Å². The van der Waals surface area contributed by atoms with E-state index >= 15 is 0 Å². The summed E-state index contributed by atoms with van der Waals surface area (Å²) in [6.45, 7) is 3.61. The Balaban J connectivity index is 5.73. The normalized spacial score (nSPS) is 15.5. The zero-order chi connectivity index (χ0) is 17.4. The van der Waals surface area contributed by atoms with Gasteiger partial charge in [-0.25, -0.2) is 8.78 Å². The molecular formula is C11H12F8O2. The van der Waals surface area contributed by atoms with Crippen LogP contribution in [0.25, 0.3) is 0 Å². The van der Waals surface area contributed by atoms with Gasteiger partial charge in [-0.1, -0.05) is 20.8 Å². The highest BCUT2D eigenvalue weighted by molar-refractivity contribution is 5.97. The maximum atomic E-state index is 13.1. The molecule has 0 aliphatic carbocycles. The molecule has 0 atom stereocenters. The molecular weight excluding hydrogens is 316 g/mol. The van der Waals surface area contributed by atoms with Crippen molar-refractivity contribution in [3.8, 4) is 0 Å². The SMILES string of the molecule is CC(C)(C)/C(O)=C/C(=O)C(F)(F)C(F)(F)C(F)(F)C(F)F. The summed E-state index contributed by atoms with van der Waals surface area (Å²) in [6.07, 6.45) is -5.48. The number of halogens is 8. The monoisotopic (exact) mass is 328 g/mol. The Bertz CT molecular complexity index is 434. The van der Waals surface area contributed by atoms with Crippen LogP contribution < -0.4 is 0 Å². The molecule has 0 aliphatic heterocycles. The summed E-state index contributed by atoms with van der Waals surface area (Å²) in [5, 5.41) is 9.22. The first-order valence-corrected chi connectivity index (χ1v) is 5.36. The molecule has 21 heavy (non-hydrogen) atoms. The third-order valence-electron chi connectivity index (χ3n) is 2.43. The number of carbonyl (C=O) groups excluding carboxylic acids is 1. The maximum absolute atomic E-state index is 13.1. The lowest BCUT2D eigenvalue weighted by atomic mass is 9.91. The molecule has 0 heterocycles. The molecule has 0 spiro atoms. The second-order valence-corrected chi connectivity index (χ2v) is 5.22. The van der Waals surface area contributed by atoms with Crippen molar-refractivity contribution in [2.45, 2.75) is 45.0 Å². The molecule has 0 aromatic heterocycles. The van der Waals surface area contributed by atoms with Gasteiger partial charge in [0.1, 0.15) is 5.76 Å². The Labute approximate surface area is 114 Å². The Morgan fingerprint density at radius 2 is 1.38 bits per heavy atom. The number of carbonyl (C=O) groups is 1. The van der Waals surface area contributed by atoms with E-state index in [0.29, 0.717) is 0 Å². The van der Waals surface area contributed by atoms with Crippen LogP contribution in [0, 0.1) is 5.41 Å². The average Bonchev–Trinajstić information content (AvgIpc) is 2.26. The molecule has 2 nitrogen and oxygen atoms in total.